The molecule has 23 heavy (non-hydrogen) atoms. The molecule has 0 saturated carbocycles. The van der Waals surface area contributed by atoms with E-state index in [0.29, 0.717) is 0 Å². The lowest BCUT2D eigenvalue weighted by Gasteiger charge is -2.11. The van der Waals surface area contributed by atoms with Crippen LogP contribution < -0.4 is 0 Å². The monoisotopic (exact) mass is 303 g/mol. The van der Waals surface area contributed by atoms with Gasteiger partial charge in [0.25, 0.3) is 0 Å². The SMILES string of the molecule is Cc1ccccc1-c1cc(-c2c(C)noc2C)c2cncn2c1. The highest BCUT2D eigenvalue weighted by molar-refractivity contribution is 5.86. The molecule has 114 valence electrons. The summed E-state index contributed by atoms with van der Waals surface area (Å²) in [6.07, 6.45) is 5.83. The molecule has 1 aromatic carbocycles. The van der Waals surface area contributed by atoms with Gasteiger partial charge in [0.1, 0.15) is 5.76 Å². The van der Waals surface area contributed by atoms with Crippen LogP contribution >= 0.6 is 0 Å². The molecule has 0 spiro atoms. The van der Waals surface area contributed by atoms with Crippen molar-refractivity contribution in [1.29, 1.82) is 0 Å². The van der Waals surface area contributed by atoms with Gasteiger partial charge < -0.3 is 8.92 Å². The summed E-state index contributed by atoms with van der Waals surface area (Å²) in [7, 11) is 0. The van der Waals surface area contributed by atoms with Crippen LogP contribution in [0.15, 0.2) is 53.6 Å². The average molecular weight is 303 g/mol. The second-order valence-corrected chi connectivity index (χ2v) is 5.84. The first-order valence-corrected chi connectivity index (χ1v) is 7.60. The molecule has 0 aliphatic carbocycles. The molecule has 0 atom stereocenters. The number of benzene rings is 1. The van der Waals surface area contributed by atoms with Crippen molar-refractivity contribution in [2.45, 2.75) is 20.8 Å². The van der Waals surface area contributed by atoms with E-state index in [1.165, 1.54) is 11.1 Å². The van der Waals surface area contributed by atoms with E-state index in [-0.39, 0.29) is 0 Å². The first-order chi connectivity index (χ1) is 11.1. The Morgan fingerprint density at radius 3 is 2.61 bits per heavy atom. The maximum Gasteiger partial charge on any atom is 0.141 e. The summed E-state index contributed by atoms with van der Waals surface area (Å²) < 4.78 is 7.42. The van der Waals surface area contributed by atoms with Crippen LogP contribution in [0.2, 0.25) is 0 Å². The van der Waals surface area contributed by atoms with Crippen LogP contribution in [0.5, 0.6) is 0 Å². The molecule has 0 aliphatic rings. The Morgan fingerprint density at radius 2 is 1.87 bits per heavy atom. The number of hydrogen-bond donors (Lipinski definition) is 0. The van der Waals surface area contributed by atoms with Gasteiger partial charge >= 0.3 is 0 Å². The van der Waals surface area contributed by atoms with Gasteiger partial charge in [-0.2, -0.15) is 0 Å². The zero-order chi connectivity index (χ0) is 16.0. The number of hydrogen-bond acceptors (Lipinski definition) is 3. The van der Waals surface area contributed by atoms with Crippen molar-refractivity contribution in [3.05, 3.63) is 66.1 Å². The Bertz CT molecular complexity index is 991. The Hall–Kier alpha value is -2.88. The first-order valence-electron chi connectivity index (χ1n) is 7.60. The Balaban J connectivity index is 2.05. The van der Waals surface area contributed by atoms with Gasteiger partial charge in [-0.1, -0.05) is 29.4 Å². The van der Waals surface area contributed by atoms with Crippen LogP contribution in [0.4, 0.5) is 0 Å². The first kappa shape index (κ1) is 13.8. The third kappa shape index (κ3) is 2.14. The molecule has 0 radical (unpaired) electrons. The standard InChI is InChI=1S/C19H17N3O/c1-12-6-4-5-7-16(12)15-8-17(18-9-20-11-22(18)10-15)19-13(2)21-23-14(19)3/h4-11H,1-3H3. The third-order valence-corrected chi connectivity index (χ3v) is 4.28. The van der Waals surface area contributed by atoms with Crippen LogP contribution in [0.3, 0.4) is 0 Å². The molecule has 3 aromatic heterocycles. The van der Waals surface area contributed by atoms with E-state index in [4.69, 9.17) is 4.52 Å². The van der Waals surface area contributed by atoms with Crippen molar-refractivity contribution < 1.29 is 4.52 Å². The Labute approximate surface area is 134 Å². The van der Waals surface area contributed by atoms with E-state index in [1.807, 2.05) is 26.4 Å². The highest BCUT2D eigenvalue weighted by Gasteiger charge is 2.16. The summed E-state index contributed by atoms with van der Waals surface area (Å²) in [4.78, 5) is 4.30. The Kier molecular flexibility index (Phi) is 3.05. The second kappa shape index (κ2) is 5.09. The molecule has 0 saturated heterocycles. The van der Waals surface area contributed by atoms with Gasteiger partial charge in [0.2, 0.25) is 0 Å². The predicted octanol–water partition coefficient (Wildman–Crippen LogP) is 4.58. The van der Waals surface area contributed by atoms with Crippen molar-refractivity contribution in [3.63, 3.8) is 0 Å². The lowest BCUT2D eigenvalue weighted by Crippen LogP contribution is -1.92. The number of fused-ring (bicyclic) bond motifs is 1. The number of aryl methyl sites for hydroxylation is 3. The number of nitrogens with zero attached hydrogens (tertiary/aromatic N) is 3. The van der Waals surface area contributed by atoms with Crippen molar-refractivity contribution in [1.82, 2.24) is 14.5 Å². The van der Waals surface area contributed by atoms with Gasteiger partial charge in [0.05, 0.1) is 23.7 Å². The molecular weight excluding hydrogens is 286 g/mol. The quantitative estimate of drug-likeness (QED) is 0.544. The molecule has 0 amide bonds. The summed E-state index contributed by atoms with van der Waals surface area (Å²) in [6.45, 7) is 6.05. The van der Waals surface area contributed by atoms with Crippen LogP contribution in [-0.4, -0.2) is 14.5 Å². The molecule has 0 aliphatic heterocycles. The van der Waals surface area contributed by atoms with E-state index < -0.39 is 0 Å². The fourth-order valence-corrected chi connectivity index (χ4v) is 3.14. The van der Waals surface area contributed by atoms with Crippen molar-refractivity contribution in [3.8, 4) is 22.3 Å². The number of aromatic nitrogens is 3. The predicted molar refractivity (Wildman–Crippen MR) is 90.3 cm³/mol. The molecule has 4 nitrogen and oxygen atoms in total. The molecule has 3 heterocycles. The topological polar surface area (TPSA) is 43.3 Å². The van der Waals surface area contributed by atoms with Crippen LogP contribution in [0.25, 0.3) is 27.8 Å². The smallest absolute Gasteiger partial charge is 0.141 e. The summed E-state index contributed by atoms with van der Waals surface area (Å²) in [5.74, 6) is 0.826. The minimum Gasteiger partial charge on any atom is -0.361 e. The lowest BCUT2D eigenvalue weighted by molar-refractivity contribution is 0.393. The molecule has 0 fully saturated rings. The van der Waals surface area contributed by atoms with Gasteiger partial charge in [-0.25, -0.2) is 4.98 Å². The van der Waals surface area contributed by atoms with Crippen molar-refractivity contribution >= 4 is 5.52 Å². The second-order valence-electron chi connectivity index (χ2n) is 5.84. The highest BCUT2D eigenvalue weighted by atomic mass is 16.5. The van der Waals surface area contributed by atoms with Crippen LogP contribution in [0.1, 0.15) is 17.0 Å². The zero-order valence-electron chi connectivity index (χ0n) is 13.4. The summed E-state index contributed by atoms with van der Waals surface area (Å²) in [5, 5.41) is 4.10. The lowest BCUT2D eigenvalue weighted by atomic mass is 9.97. The molecule has 4 heteroatoms. The van der Waals surface area contributed by atoms with Gasteiger partial charge in [-0.3, -0.25) is 0 Å². The van der Waals surface area contributed by atoms with Crippen molar-refractivity contribution in [2.24, 2.45) is 0 Å². The van der Waals surface area contributed by atoms with Crippen LogP contribution in [-0.2, 0) is 0 Å². The van der Waals surface area contributed by atoms with E-state index in [1.54, 1.807) is 0 Å². The number of imidazole rings is 1. The zero-order valence-corrected chi connectivity index (χ0v) is 13.4. The molecule has 0 N–H and O–H groups in total. The fraction of sp³-hybridized carbons (Fsp3) is 0.158. The van der Waals surface area contributed by atoms with Gasteiger partial charge in [0, 0.05) is 17.3 Å². The van der Waals surface area contributed by atoms with Gasteiger partial charge in [0.15, 0.2) is 0 Å². The van der Waals surface area contributed by atoms with E-state index in [2.05, 4.69) is 58.0 Å². The van der Waals surface area contributed by atoms with Gasteiger partial charge in [-0.05, 0) is 43.5 Å². The average Bonchev–Trinajstić information content (AvgIpc) is 3.14. The Morgan fingerprint density at radius 1 is 1.04 bits per heavy atom. The largest absolute Gasteiger partial charge is 0.361 e. The van der Waals surface area contributed by atoms with E-state index >= 15 is 0 Å². The maximum atomic E-state index is 5.36. The van der Waals surface area contributed by atoms with Gasteiger partial charge in [-0.15, -0.1) is 0 Å². The molecular formula is C19H17N3O. The summed E-state index contributed by atoms with van der Waals surface area (Å²) in [5.41, 5.74) is 7.71. The van der Waals surface area contributed by atoms with E-state index in [9.17, 15) is 0 Å². The van der Waals surface area contributed by atoms with Crippen molar-refractivity contribution in [2.75, 3.05) is 0 Å². The van der Waals surface area contributed by atoms with E-state index in [0.717, 1.165) is 33.7 Å². The minimum atomic E-state index is 0.826. The molecule has 4 rings (SSSR count). The molecule has 0 bridgehead atoms. The molecule has 4 aromatic rings. The summed E-state index contributed by atoms with van der Waals surface area (Å²) in [6, 6.07) is 10.6. The highest BCUT2D eigenvalue weighted by Crippen LogP contribution is 2.34. The fourth-order valence-electron chi connectivity index (χ4n) is 3.14. The minimum absolute atomic E-state index is 0.826. The third-order valence-electron chi connectivity index (χ3n) is 4.28. The molecule has 0 unspecified atom stereocenters. The normalized spacial score (nSPS) is 11.3. The summed E-state index contributed by atoms with van der Waals surface area (Å²) >= 11 is 0. The number of rotatable bonds is 2. The maximum absolute atomic E-state index is 5.36. The number of pyridine rings is 1. The van der Waals surface area contributed by atoms with Crippen LogP contribution in [0, 0.1) is 20.8 Å².